The Morgan fingerprint density at radius 1 is 0.255 bits per heavy atom. The molecular weight excluding hydrogens is 793 g/mol. The Bertz CT molecular complexity index is 1510. The van der Waals surface area contributed by atoms with E-state index < -0.39 is 15.6 Å². The molecule has 0 aliphatic rings. The van der Waals surface area contributed by atoms with Crippen LogP contribution >= 0.6 is 15.6 Å². The molecule has 0 bridgehead atoms. The topological polar surface area (TPSA) is 77.3 Å². The van der Waals surface area contributed by atoms with Gasteiger partial charge in [0.15, 0.2) is 0 Å². The quantitative estimate of drug-likeness (QED) is 0.131. The maximum Gasteiger partial charge on any atom is 2.00 e. The van der Waals surface area contributed by atoms with Crippen molar-refractivity contribution in [2.45, 2.75) is 0 Å². The van der Waals surface area contributed by atoms with E-state index in [-0.39, 0.29) is 16.8 Å². The molecule has 0 aliphatic heterocycles. The van der Waals surface area contributed by atoms with Crippen molar-refractivity contribution in [2.24, 2.45) is 0 Å². The summed E-state index contributed by atoms with van der Waals surface area (Å²) in [6, 6.07) is 34.8. The van der Waals surface area contributed by atoms with Gasteiger partial charge in [-0.2, -0.15) is 0 Å². The average molecular weight is 817 g/mol. The summed E-state index contributed by atoms with van der Waals surface area (Å²) in [5.74, 6) is 0. The fourth-order valence-corrected chi connectivity index (χ4v) is 3.09. The van der Waals surface area contributed by atoms with Gasteiger partial charge in [-0.05, 0) is 72.8 Å². The molecule has 6 rings (SSSR count). The second-order valence-corrected chi connectivity index (χ2v) is 13.0. The van der Waals surface area contributed by atoms with Crippen LogP contribution in [0.15, 0.2) is 146 Å². The van der Waals surface area contributed by atoms with Gasteiger partial charge in [0, 0.05) is 37.2 Å². The van der Waals surface area contributed by atoms with Crippen LogP contribution in [-0.2, 0) is 16.8 Å². The van der Waals surface area contributed by atoms with Crippen LogP contribution in [0.2, 0.25) is 0 Å². The molecule has 1 radical (unpaired) electrons. The Labute approximate surface area is 292 Å². The molecule has 6 aromatic heterocycles. The maximum absolute atomic E-state index is 10.7. The summed E-state index contributed by atoms with van der Waals surface area (Å²) in [6.45, 7) is 0. The fourth-order valence-electron chi connectivity index (χ4n) is 3.09. The maximum atomic E-state index is 9.87. The molecule has 6 heterocycles. The van der Waals surface area contributed by atoms with Crippen LogP contribution in [0, 0.1) is 0 Å². The molecule has 0 amide bonds. The molecule has 0 atom stereocenters. The summed E-state index contributed by atoms with van der Waals surface area (Å²) in [7, 11) is -21.3. The van der Waals surface area contributed by atoms with E-state index in [1.54, 1.807) is 37.2 Å². The van der Waals surface area contributed by atoms with Gasteiger partial charge in [0.05, 0.1) is 34.2 Å². The van der Waals surface area contributed by atoms with Gasteiger partial charge in [0.2, 0.25) is 0 Å². The third-order valence-corrected chi connectivity index (χ3v) is 4.78. The summed E-state index contributed by atoms with van der Waals surface area (Å²) < 4.78 is 118. The molecule has 0 saturated heterocycles. The predicted octanol–water partition coefficient (Wildman–Crippen LogP) is 13.2. The molecule has 0 spiro atoms. The molecule has 51 heavy (non-hydrogen) atoms. The minimum Gasteiger partial charge on any atom is -0.255 e. The summed E-state index contributed by atoms with van der Waals surface area (Å²) in [5, 5.41) is 0. The second kappa shape index (κ2) is 16.6. The first kappa shape index (κ1) is 44.4. The number of aromatic nitrogens is 6. The van der Waals surface area contributed by atoms with Crippen molar-refractivity contribution in [2.75, 3.05) is 0 Å². The van der Waals surface area contributed by atoms with E-state index in [2.05, 4.69) is 29.9 Å². The van der Waals surface area contributed by atoms with Crippen LogP contribution in [0.4, 0.5) is 50.4 Å². The normalized spacial score (nSPS) is 13.2. The Balaban J connectivity index is 0.000000325. The molecule has 277 valence electrons. The van der Waals surface area contributed by atoms with Gasteiger partial charge in [0.1, 0.15) is 0 Å². The van der Waals surface area contributed by atoms with Crippen molar-refractivity contribution in [3.05, 3.63) is 146 Å². The first-order chi connectivity index (χ1) is 22.8. The van der Waals surface area contributed by atoms with E-state index in [1.165, 1.54) is 0 Å². The number of rotatable bonds is 3. The van der Waals surface area contributed by atoms with E-state index in [9.17, 15) is 50.4 Å². The van der Waals surface area contributed by atoms with E-state index in [1.807, 2.05) is 109 Å². The van der Waals surface area contributed by atoms with Gasteiger partial charge in [-0.3, -0.25) is 29.9 Å². The van der Waals surface area contributed by atoms with Crippen LogP contribution in [-0.4, -0.2) is 29.9 Å². The minimum atomic E-state index is -10.7. The number of hydrogen-bond donors (Lipinski definition) is 0. The Kier molecular flexibility index (Phi) is 14.5. The minimum absolute atomic E-state index is 0. The standard InChI is InChI=1S/3C10H8N2.Co.2F6P/c3*1-3-7-11-9(5-1)10-6-2-4-8-12-10;;2*1-7(2,3,4,5)6/h3*1-8H;;;/q;;;+2;2*-1. The van der Waals surface area contributed by atoms with Gasteiger partial charge < -0.3 is 0 Å². The molecular formula is C30H24CoF12N6P2. The molecule has 6 aromatic rings. The largest absolute Gasteiger partial charge is 2.00 e. The Morgan fingerprint density at radius 2 is 0.373 bits per heavy atom. The van der Waals surface area contributed by atoms with Crippen molar-refractivity contribution in [1.82, 2.24) is 29.9 Å². The van der Waals surface area contributed by atoms with E-state index in [4.69, 9.17) is 0 Å². The molecule has 0 aliphatic carbocycles. The third kappa shape index (κ3) is 27.9. The van der Waals surface area contributed by atoms with Crippen LogP contribution in [0.1, 0.15) is 0 Å². The SMILES string of the molecule is F[P-](F)(F)(F)(F)F.F[P-](F)(F)(F)(F)F.[Co+2].c1ccc(-c2ccccn2)nc1.c1ccc(-c2ccccn2)nc1.c1ccc(-c2ccccn2)nc1. The van der Waals surface area contributed by atoms with Gasteiger partial charge in [0.25, 0.3) is 0 Å². The molecule has 0 N–H and O–H groups in total. The smallest absolute Gasteiger partial charge is 0.255 e. The third-order valence-electron chi connectivity index (χ3n) is 4.78. The molecule has 6 nitrogen and oxygen atoms in total. The van der Waals surface area contributed by atoms with Crippen molar-refractivity contribution in [3.8, 4) is 34.2 Å². The van der Waals surface area contributed by atoms with Crippen LogP contribution in [0.25, 0.3) is 34.2 Å². The number of pyridine rings is 6. The molecule has 21 heteroatoms. The molecule has 0 saturated carbocycles. The predicted molar refractivity (Wildman–Crippen MR) is 170 cm³/mol. The zero-order valence-electron chi connectivity index (χ0n) is 25.3. The Morgan fingerprint density at radius 3 is 0.451 bits per heavy atom. The van der Waals surface area contributed by atoms with Crippen molar-refractivity contribution in [1.29, 1.82) is 0 Å². The molecule has 0 aromatic carbocycles. The number of hydrogen-bond acceptors (Lipinski definition) is 6. The van der Waals surface area contributed by atoms with Gasteiger partial charge in [-0.1, -0.05) is 36.4 Å². The molecule has 0 fully saturated rings. The summed E-state index contributed by atoms with van der Waals surface area (Å²) in [5.41, 5.74) is 5.49. The van der Waals surface area contributed by atoms with Crippen molar-refractivity contribution < 1.29 is 67.1 Å². The van der Waals surface area contributed by atoms with Crippen molar-refractivity contribution in [3.63, 3.8) is 0 Å². The van der Waals surface area contributed by atoms with E-state index in [0.717, 1.165) is 34.2 Å². The average Bonchev–Trinajstić information content (AvgIpc) is 3.05. The van der Waals surface area contributed by atoms with Crippen LogP contribution < -0.4 is 0 Å². The van der Waals surface area contributed by atoms with Gasteiger partial charge in [-0.25, -0.2) is 0 Å². The monoisotopic (exact) mass is 817 g/mol. The first-order valence-electron chi connectivity index (χ1n) is 13.4. The van der Waals surface area contributed by atoms with Crippen LogP contribution in [0.5, 0.6) is 0 Å². The first-order valence-corrected chi connectivity index (χ1v) is 17.5. The van der Waals surface area contributed by atoms with Gasteiger partial charge >= 0.3 is 82.8 Å². The number of nitrogens with zero attached hydrogens (tertiary/aromatic N) is 6. The zero-order valence-corrected chi connectivity index (χ0v) is 28.1. The van der Waals surface area contributed by atoms with E-state index in [0.29, 0.717) is 0 Å². The molecule has 0 unspecified atom stereocenters. The summed E-state index contributed by atoms with van der Waals surface area (Å²) in [4.78, 5) is 25.1. The summed E-state index contributed by atoms with van der Waals surface area (Å²) in [6.07, 6.45) is 10.6. The Hall–Kier alpha value is -4.57. The zero-order chi connectivity index (χ0) is 37.5. The van der Waals surface area contributed by atoms with Crippen LogP contribution in [0.3, 0.4) is 0 Å². The second-order valence-electron chi connectivity index (χ2n) is 9.21. The summed E-state index contributed by atoms with van der Waals surface area (Å²) >= 11 is 0. The van der Waals surface area contributed by atoms with E-state index >= 15 is 0 Å². The fraction of sp³-hybridized carbons (Fsp3) is 0. The number of halogens is 12. The van der Waals surface area contributed by atoms with Crippen molar-refractivity contribution >= 4 is 15.6 Å². The van der Waals surface area contributed by atoms with Gasteiger partial charge in [-0.15, -0.1) is 0 Å².